The van der Waals surface area contributed by atoms with Crippen molar-refractivity contribution < 1.29 is 22.7 Å². The summed E-state index contributed by atoms with van der Waals surface area (Å²) in [6.45, 7) is 9.69. The van der Waals surface area contributed by atoms with E-state index in [1.807, 2.05) is 19.1 Å². The minimum atomic E-state index is -3.87. The normalized spacial score (nSPS) is 19.0. The molecular weight excluding hydrogens is 462 g/mol. The summed E-state index contributed by atoms with van der Waals surface area (Å²) in [6, 6.07) is 10.7. The zero-order chi connectivity index (χ0) is 25.2. The second kappa shape index (κ2) is 10.7. The van der Waals surface area contributed by atoms with Crippen molar-refractivity contribution in [2.24, 2.45) is 5.92 Å². The van der Waals surface area contributed by atoms with Crippen molar-refractivity contribution in [1.29, 1.82) is 0 Å². The van der Waals surface area contributed by atoms with Gasteiger partial charge >= 0.3 is 0 Å². The summed E-state index contributed by atoms with van der Waals surface area (Å²) in [7, 11) is -3.87. The fraction of sp³-hybridized carbons (Fsp3) is 0.536. The summed E-state index contributed by atoms with van der Waals surface area (Å²) < 4.78 is 41.0. The van der Waals surface area contributed by atoms with Gasteiger partial charge in [-0.2, -0.15) is 0 Å². The SMILES string of the molecule is CCC1CCc2cc(C(C)C)ccc2N1S(=O)(=O)c1ccc(OCC2CCOCC2)c(C(C)=O)c1. The van der Waals surface area contributed by atoms with Crippen LogP contribution in [0.5, 0.6) is 5.75 Å². The van der Waals surface area contributed by atoms with E-state index in [-0.39, 0.29) is 16.7 Å². The summed E-state index contributed by atoms with van der Waals surface area (Å²) in [6.07, 6.45) is 4.20. The van der Waals surface area contributed by atoms with Gasteiger partial charge < -0.3 is 9.47 Å². The molecule has 6 nitrogen and oxygen atoms in total. The number of benzene rings is 2. The Morgan fingerprint density at radius 2 is 1.86 bits per heavy atom. The topological polar surface area (TPSA) is 72.9 Å². The van der Waals surface area contributed by atoms with Crippen molar-refractivity contribution in [3.8, 4) is 5.75 Å². The number of Topliss-reactive ketones (excluding diaryl/α,β-unsaturated/α-hetero) is 1. The lowest BCUT2D eigenvalue weighted by Gasteiger charge is -2.38. The number of hydrogen-bond acceptors (Lipinski definition) is 5. The molecule has 0 aliphatic carbocycles. The predicted molar refractivity (Wildman–Crippen MR) is 138 cm³/mol. The quantitative estimate of drug-likeness (QED) is 0.433. The second-order valence-corrected chi connectivity index (χ2v) is 11.8. The van der Waals surface area contributed by atoms with Crippen LogP contribution in [0.15, 0.2) is 41.3 Å². The molecule has 0 spiro atoms. The highest BCUT2D eigenvalue weighted by Gasteiger charge is 2.36. The third-order valence-electron chi connectivity index (χ3n) is 7.26. The standard InChI is InChI=1S/C28H37NO5S/c1-5-24-8-6-23-16-22(19(2)3)7-10-27(23)29(24)35(31,32)25-9-11-28(26(17-25)20(4)30)34-18-21-12-14-33-15-13-21/h7,9-11,16-17,19,21,24H,5-6,8,12-15,18H2,1-4H3. The van der Waals surface area contributed by atoms with E-state index in [9.17, 15) is 13.2 Å². The number of rotatable bonds is 8. The fourth-order valence-electron chi connectivity index (χ4n) is 5.02. The highest BCUT2D eigenvalue weighted by atomic mass is 32.2. The molecule has 2 aromatic carbocycles. The van der Waals surface area contributed by atoms with Crippen LogP contribution >= 0.6 is 0 Å². The van der Waals surface area contributed by atoms with Gasteiger partial charge in [-0.05, 0) is 86.3 Å². The molecule has 1 atom stereocenters. The minimum Gasteiger partial charge on any atom is -0.493 e. The summed E-state index contributed by atoms with van der Waals surface area (Å²) >= 11 is 0. The molecule has 1 fully saturated rings. The first-order valence-electron chi connectivity index (χ1n) is 12.7. The van der Waals surface area contributed by atoms with Crippen LogP contribution in [0.4, 0.5) is 5.69 Å². The number of nitrogens with zero attached hydrogens (tertiary/aromatic N) is 1. The zero-order valence-electron chi connectivity index (χ0n) is 21.2. The van der Waals surface area contributed by atoms with E-state index in [4.69, 9.17) is 9.47 Å². The average molecular weight is 500 g/mol. The summed E-state index contributed by atoms with van der Waals surface area (Å²) in [4.78, 5) is 12.6. The Kier molecular flexibility index (Phi) is 7.86. The van der Waals surface area contributed by atoms with E-state index >= 15 is 0 Å². The van der Waals surface area contributed by atoms with Gasteiger partial charge in [0.05, 0.1) is 22.8 Å². The number of ether oxygens (including phenoxy) is 2. The summed E-state index contributed by atoms with van der Waals surface area (Å²) in [5.74, 6) is 0.978. The summed E-state index contributed by atoms with van der Waals surface area (Å²) in [5, 5.41) is 0. The molecule has 4 rings (SSSR count). The molecular formula is C28H37NO5S. The Hall–Kier alpha value is -2.38. The van der Waals surface area contributed by atoms with Crippen LogP contribution in [-0.2, 0) is 21.2 Å². The molecule has 0 amide bonds. The molecule has 0 radical (unpaired) electrons. The first kappa shape index (κ1) is 25.7. The van der Waals surface area contributed by atoms with E-state index in [0.717, 1.165) is 56.6 Å². The first-order chi connectivity index (χ1) is 16.7. The maximum atomic E-state index is 14.0. The predicted octanol–water partition coefficient (Wildman–Crippen LogP) is 5.74. The van der Waals surface area contributed by atoms with Crippen molar-refractivity contribution in [1.82, 2.24) is 0 Å². The smallest absolute Gasteiger partial charge is 0.264 e. The Morgan fingerprint density at radius 3 is 2.51 bits per heavy atom. The lowest BCUT2D eigenvalue weighted by atomic mass is 9.92. The van der Waals surface area contributed by atoms with Gasteiger partial charge in [0.1, 0.15) is 5.75 Å². The Bertz CT molecular complexity index is 1170. The number of hydrogen-bond donors (Lipinski definition) is 0. The average Bonchev–Trinajstić information content (AvgIpc) is 2.86. The summed E-state index contributed by atoms with van der Waals surface area (Å²) in [5.41, 5.74) is 3.32. The van der Waals surface area contributed by atoms with E-state index in [2.05, 4.69) is 19.9 Å². The van der Waals surface area contributed by atoms with Gasteiger partial charge in [0.25, 0.3) is 10.0 Å². The lowest BCUT2D eigenvalue weighted by molar-refractivity contribution is 0.0495. The molecule has 190 valence electrons. The number of aryl methyl sites for hydroxylation is 1. The van der Waals surface area contributed by atoms with Crippen molar-refractivity contribution in [2.75, 3.05) is 24.1 Å². The molecule has 2 aliphatic rings. The molecule has 1 saturated heterocycles. The van der Waals surface area contributed by atoms with E-state index < -0.39 is 10.0 Å². The van der Waals surface area contributed by atoms with Crippen LogP contribution in [0.1, 0.15) is 80.8 Å². The van der Waals surface area contributed by atoms with Gasteiger partial charge in [-0.1, -0.05) is 32.9 Å². The molecule has 0 N–H and O–H groups in total. The van der Waals surface area contributed by atoms with Crippen LogP contribution in [0.3, 0.4) is 0 Å². The van der Waals surface area contributed by atoms with Crippen molar-refractivity contribution in [3.63, 3.8) is 0 Å². The van der Waals surface area contributed by atoms with Crippen molar-refractivity contribution in [2.45, 2.75) is 76.7 Å². The Labute approximate surface area is 209 Å². The number of fused-ring (bicyclic) bond motifs is 1. The third-order valence-corrected chi connectivity index (χ3v) is 9.12. The van der Waals surface area contributed by atoms with Gasteiger partial charge in [-0.3, -0.25) is 9.10 Å². The van der Waals surface area contributed by atoms with Gasteiger partial charge in [0.2, 0.25) is 0 Å². The van der Waals surface area contributed by atoms with Gasteiger partial charge in [0, 0.05) is 19.3 Å². The molecule has 7 heteroatoms. The van der Waals surface area contributed by atoms with Crippen LogP contribution < -0.4 is 9.04 Å². The van der Waals surface area contributed by atoms with Crippen molar-refractivity contribution in [3.05, 3.63) is 53.1 Å². The van der Waals surface area contributed by atoms with Crippen LogP contribution in [0.25, 0.3) is 0 Å². The minimum absolute atomic E-state index is 0.123. The number of carbonyl (C=O) groups is 1. The molecule has 2 aromatic rings. The molecule has 0 bridgehead atoms. The molecule has 2 aliphatic heterocycles. The number of ketones is 1. The monoisotopic (exact) mass is 499 g/mol. The third kappa shape index (κ3) is 5.41. The lowest BCUT2D eigenvalue weighted by Crippen LogP contribution is -2.43. The van der Waals surface area contributed by atoms with E-state index in [1.54, 1.807) is 16.4 Å². The van der Waals surface area contributed by atoms with E-state index in [1.165, 1.54) is 18.6 Å². The van der Waals surface area contributed by atoms with Gasteiger partial charge in [-0.15, -0.1) is 0 Å². The zero-order valence-corrected chi connectivity index (χ0v) is 22.1. The number of sulfonamides is 1. The number of anilines is 1. The highest BCUT2D eigenvalue weighted by molar-refractivity contribution is 7.92. The van der Waals surface area contributed by atoms with Crippen LogP contribution in [0.2, 0.25) is 0 Å². The first-order valence-corrected chi connectivity index (χ1v) is 14.2. The maximum absolute atomic E-state index is 14.0. The van der Waals surface area contributed by atoms with Crippen molar-refractivity contribution >= 4 is 21.5 Å². The largest absolute Gasteiger partial charge is 0.493 e. The molecule has 0 aromatic heterocycles. The van der Waals surface area contributed by atoms with Gasteiger partial charge in [-0.25, -0.2) is 8.42 Å². The Morgan fingerprint density at radius 1 is 1.11 bits per heavy atom. The highest BCUT2D eigenvalue weighted by Crippen LogP contribution is 2.38. The fourth-order valence-corrected chi connectivity index (χ4v) is 6.83. The molecule has 1 unspecified atom stereocenters. The van der Waals surface area contributed by atoms with Crippen LogP contribution in [0, 0.1) is 5.92 Å². The van der Waals surface area contributed by atoms with Crippen LogP contribution in [-0.4, -0.2) is 40.1 Å². The van der Waals surface area contributed by atoms with E-state index in [0.29, 0.717) is 29.8 Å². The Balaban J connectivity index is 1.68. The van der Waals surface area contributed by atoms with Gasteiger partial charge in [0.15, 0.2) is 5.78 Å². The maximum Gasteiger partial charge on any atom is 0.264 e. The number of carbonyl (C=O) groups excluding carboxylic acids is 1. The molecule has 0 saturated carbocycles. The second-order valence-electron chi connectivity index (χ2n) is 10.0. The molecule has 35 heavy (non-hydrogen) atoms. The molecule has 2 heterocycles.